The van der Waals surface area contributed by atoms with Crippen molar-refractivity contribution in [2.75, 3.05) is 45.4 Å². The number of cyclic esters (lactones) is 1. The Morgan fingerprint density at radius 1 is 1.15 bits per heavy atom. The van der Waals surface area contributed by atoms with Crippen LogP contribution in [0.25, 0.3) is 0 Å². The van der Waals surface area contributed by atoms with Crippen LogP contribution in [0.4, 0.5) is 10.6 Å². The van der Waals surface area contributed by atoms with Crippen molar-refractivity contribution >= 4 is 11.9 Å². The number of carbonyl (C=O) groups excluding carboxylic acids is 1. The molecule has 8 heteroatoms. The molecule has 0 saturated carbocycles. The first-order chi connectivity index (χ1) is 13.1. The summed E-state index contributed by atoms with van der Waals surface area (Å²) in [7, 11) is 3.08. The number of anilines is 1. The van der Waals surface area contributed by atoms with E-state index in [1.54, 1.807) is 13.2 Å². The number of aromatic nitrogens is 2. The van der Waals surface area contributed by atoms with Gasteiger partial charge in [-0.3, -0.25) is 4.90 Å². The predicted molar refractivity (Wildman–Crippen MR) is 98.3 cm³/mol. The molecule has 1 aromatic carbocycles. The van der Waals surface area contributed by atoms with Crippen LogP contribution in [0.15, 0.2) is 36.4 Å². The van der Waals surface area contributed by atoms with Crippen molar-refractivity contribution in [3.8, 4) is 11.9 Å². The second-order valence-electron chi connectivity index (χ2n) is 6.77. The van der Waals surface area contributed by atoms with Crippen molar-refractivity contribution in [2.45, 2.75) is 12.0 Å². The van der Waals surface area contributed by atoms with E-state index in [2.05, 4.69) is 27.0 Å². The van der Waals surface area contributed by atoms with Gasteiger partial charge in [-0.15, -0.1) is 0 Å². The zero-order valence-corrected chi connectivity index (χ0v) is 15.4. The third kappa shape index (κ3) is 3.22. The van der Waals surface area contributed by atoms with Gasteiger partial charge in [0, 0.05) is 32.1 Å². The average molecular weight is 370 g/mol. The fourth-order valence-electron chi connectivity index (χ4n) is 3.78. The van der Waals surface area contributed by atoms with Crippen LogP contribution in [0, 0.1) is 0 Å². The summed E-state index contributed by atoms with van der Waals surface area (Å²) < 4.78 is 15.9. The molecule has 2 aliphatic heterocycles. The molecule has 0 aliphatic carbocycles. The van der Waals surface area contributed by atoms with Gasteiger partial charge in [0.2, 0.25) is 5.88 Å². The fourth-order valence-corrected chi connectivity index (χ4v) is 3.78. The lowest BCUT2D eigenvalue weighted by molar-refractivity contribution is 0.140. The minimum atomic E-state index is -0.428. The van der Waals surface area contributed by atoms with Gasteiger partial charge in [-0.05, 0) is 5.56 Å². The van der Waals surface area contributed by atoms with E-state index >= 15 is 0 Å². The number of amides is 1. The van der Waals surface area contributed by atoms with Gasteiger partial charge in [0.25, 0.3) is 0 Å². The molecule has 3 heterocycles. The van der Waals surface area contributed by atoms with E-state index in [4.69, 9.17) is 14.2 Å². The van der Waals surface area contributed by atoms with Crippen LogP contribution in [0.2, 0.25) is 0 Å². The Morgan fingerprint density at radius 3 is 2.70 bits per heavy atom. The quantitative estimate of drug-likeness (QED) is 0.793. The van der Waals surface area contributed by atoms with Crippen molar-refractivity contribution in [3.05, 3.63) is 42.0 Å². The van der Waals surface area contributed by atoms with Gasteiger partial charge < -0.3 is 19.1 Å². The first-order valence-corrected chi connectivity index (χ1v) is 8.84. The molecule has 2 fully saturated rings. The number of carbonyl (C=O) groups is 1. The Kier molecular flexibility index (Phi) is 4.47. The molecule has 0 radical (unpaired) electrons. The van der Waals surface area contributed by atoms with Gasteiger partial charge in [0.05, 0.1) is 14.2 Å². The van der Waals surface area contributed by atoms with Gasteiger partial charge in [0.1, 0.15) is 18.0 Å². The topological polar surface area (TPSA) is 77.0 Å². The number of rotatable bonds is 5. The molecular weight excluding hydrogens is 348 g/mol. The Balaban J connectivity index is 1.65. The number of piperazine rings is 1. The molecule has 2 aliphatic rings. The molecule has 0 spiro atoms. The molecular formula is C19H22N4O4. The minimum Gasteiger partial charge on any atom is -0.481 e. The van der Waals surface area contributed by atoms with Crippen LogP contribution in [-0.2, 0) is 11.2 Å². The van der Waals surface area contributed by atoms with Gasteiger partial charge in [-0.2, -0.15) is 9.97 Å². The van der Waals surface area contributed by atoms with Crippen molar-refractivity contribution in [1.82, 2.24) is 14.9 Å². The zero-order valence-electron chi connectivity index (χ0n) is 15.4. The van der Waals surface area contributed by atoms with E-state index in [1.165, 1.54) is 12.7 Å². The lowest BCUT2D eigenvalue weighted by Gasteiger charge is -2.45. The SMILES string of the molecule is COc1cc(N2CCN3C(=O)OCC3(Cc3ccccc3)C2)nc(OC)n1. The highest BCUT2D eigenvalue weighted by Crippen LogP contribution is 2.34. The molecule has 0 N–H and O–H groups in total. The second kappa shape index (κ2) is 6.94. The Labute approximate surface area is 157 Å². The Bertz CT molecular complexity index is 809. The number of hydrogen-bond acceptors (Lipinski definition) is 7. The van der Waals surface area contributed by atoms with Gasteiger partial charge in [-0.1, -0.05) is 30.3 Å². The smallest absolute Gasteiger partial charge is 0.410 e. The first-order valence-electron chi connectivity index (χ1n) is 8.84. The van der Waals surface area contributed by atoms with Crippen molar-refractivity contribution in [1.29, 1.82) is 0 Å². The fraction of sp³-hybridized carbons (Fsp3) is 0.421. The van der Waals surface area contributed by atoms with Gasteiger partial charge in [0.15, 0.2) is 0 Å². The lowest BCUT2D eigenvalue weighted by atomic mass is 9.88. The summed E-state index contributed by atoms with van der Waals surface area (Å²) in [6.45, 7) is 2.18. The Morgan fingerprint density at radius 2 is 1.96 bits per heavy atom. The predicted octanol–water partition coefficient (Wildman–Crippen LogP) is 1.75. The molecule has 1 atom stereocenters. The van der Waals surface area contributed by atoms with E-state index < -0.39 is 5.54 Å². The maximum atomic E-state index is 12.3. The minimum absolute atomic E-state index is 0.247. The summed E-state index contributed by atoms with van der Waals surface area (Å²) in [5.74, 6) is 1.15. The van der Waals surface area contributed by atoms with Crippen LogP contribution in [-0.4, -0.2) is 67.0 Å². The highest BCUT2D eigenvalue weighted by molar-refractivity contribution is 5.72. The monoisotopic (exact) mass is 370 g/mol. The molecule has 1 aromatic heterocycles. The third-order valence-corrected chi connectivity index (χ3v) is 5.10. The largest absolute Gasteiger partial charge is 0.481 e. The number of hydrogen-bond donors (Lipinski definition) is 0. The van der Waals surface area contributed by atoms with Crippen LogP contribution in [0.5, 0.6) is 11.9 Å². The number of ether oxygens (including phenoxy) is 3. The first kappa shape index (κ1) is 17.4. The number of methoxy groups -OCH3 is 2. The van der Waals surface area contributed by atoms with Crippen molar-refractivity contribution < 1.29 is 19.0 Å². The van der Waals surface area contributed by atoms with Crippen LogP contribution in [0.3, 0.4) is 0 Å². The van der Waals surface area contributed by atoms with E-state index in [0.29, 0.717) is 37.9 Å². The molecule has 2 saturated heterocycles. The highest BCUT2D eigenvalue weighted by atomic mass is 16.6. The number of nitrogens with zero attached hydrogens (tertiary/aromatic N) is 4. The van der Waals surface area contributed by atoms with E-state index in [1.807, 2.05) is 23.1 Å². The average Bonchev–Trinajstić information content (AvgIpc) is 3.04. The molecule has 142 valence electrons. The second-order valence-corrected chi connectivity index (χ2v) is 6.77. The number of benzene rings is 1. The van der Waals surface area contributed by atoms with Crippen LogP contribution >= 0.6 is 0 Å². The molecule has 1 unspecified atom stereocenters. The van der Waals surface area contributed by atoms with Crippen molar-refractivity contribution in [3.63, 3.8) is 0 Å². The Hall–Kier alpha value is -3.03. The van der Waals surface area contributed by atoms with E-state index in [0.717, 1.165) is 6.42 Å². The van der Waals surface area contributed by atoms with E-state index in [-0.39, 0.29) is 12.1 Å². The highest BCUT2D eigenvalue weighted by Gasteiger charge is 2.51. The summed E-state index contributed by atoms with van der Waals surface area (Å²) >= 11 is 0. The molecule has 4 rings (SSSR count). The summed E-state index contributed by atoms with van der Waals surface area (Å²) in [4.78, 5) is 24.9. The summed E-state index contributed by atoms with van der Waals surface area (Å²) in [6, 6.07) is 12.2. The summed E-state index contributed by atoms with van der Waals surface area (Å²) in [5.41, 5.74) is 0.739. The maximum absolute atomic E-state index is 12.3. The molecule has 1 amide bonds. The molecule has 27 heavy (non-hydrogen) atoms. The maximum Gasteiger partial charge on any atom is 0.410 e. The van der Waals surface area contributed by atoms with Gasteiger partial charge in [-0.25, -0.2) is 4.79 Å². The van der Waals surface area contributed by atoms with Crippen LogP contribution < -0.4 is 14.4 Å². The number of fused-ring (bicyclic) bond motifs is 1. The molecule has 0 bridgehead atoms. The van der Waals surface area contributed by atoms with Crippen LogP contribution in [0.1, 0.15) is 5.56 Å². The van der Waals surface area contributed by atoms with E-state index in [9.17, 15) is 4.79 Å². The normalized spacial score (nSPS) is 21.6. The molecule has 2 aromatic rings. The van der Waals surface area contributed by atoms with Gasteiger partial charge >= 0.3 is 12.1 Å². The summed E-state index contributed by atoms with van der Waals surface area (Å²) in [5, 5.41) is 0. The third-order valence-electron chi connectivity index (χ3n) is 5.10. The lowest BCUT2D eigenvalue weighted by Crippen LogP contribution is -2.62. The van der Waals surface area contributed by atoms with Crippen molar-refractivity contribution in [2.24, 2.45) is 0 Å². The summed E-state index contributed by atoms with van der Waals surface area (Å²) in [6.07, 6.45) is 0.471. The standard InChI is InChI=1S/C19H22N4O4/c1-25-16-10-15(20-17(21-16)26-2)22-8-9-23-18(24)27-13-19(23,12-22)11-14-6-4-3-5-7-14/h3-7,10H,8-9,11-13H2,1-2H3. The molecule has 8 nitrogen and oxygen atoms in total. The zero-order chi connectivity index (χ0) is 18.9.